The largest absolute Gasteiger partial charge is 0.416 e. The molecule has 0 aliphatic heterocycles. The molecule has 2 N–H and O–H groups in total. The average Bonchev–Trinajstić information content (AvgIpc) is 2.27. The Morgan fingerprint density at radius 2 is 1.80 bits per heavy atom. The van der Waals surface area contributed by atoms with Crippen LogP contribution in [0.15, 0.2) is 29.2 Å². The normalized spacial score (nSPS) is 15.9. The predicted molar refractivity (Wildman–Crippen MR) is 67.7 cm³/mol. The molecule has 0 aliphatic carbocycles. The molecule has 0 aromatic heterocycles. The number of sulfonamides is 1. The highest BCUT2D eigenvalue weighted by Crippen LogP contribution is 2.32. The van der Waals surface area contributed by atoms with Gasteiger partial charge >= 0.3 is 6.18 Å². The quantitative estimate of drug-likeness (QED) is 0.874. The van der Waals surface area contributed by atoms with E-state index in [2.05, 4.69) is 4.72 Å². The van der Waals surface area contributed by atoms with Crippen molar-refractivity contribution >= 4 is 10.0 Å². The van der Waals surface area contributed by atoms with E-state index in [4.69, 9.17) is 0 Å². The van der Waals surface area contributed by atoms with Crippen molar-refractivity contribution in [2.75, 3.05) is 6.54 Å². The highest BCUT2D eigenvalue weighted by Gasteiger charge is 2.49. The van der Waals surface area contributed by atoms with Gasteiger partial charge in [0.15, 0.2) is 5.60 Å². The summed E-state index contributed by atoms with van der Waals surface area (Å²) in [6, 6.07) is 6.12. The zero-order chi connectivity index (χ0) is 15.6. The van der Waals surface area contributed by atoms with Crippen molar-refractivity contribution in [3.8, 4) is 0 Å². The Kier molecular flexibility index (Phi) is 4.83. The minimum Gasteiger partial charge on any atom is -0.381 e. The van der Waals surface area contributed by atoms with Crippen molar-refractivity contribution in [3.63, 3.8) is 0 Å². The summed E-state index contributed by atoms with van der Waals surface area (Å²) in [6.45, 7) is 1.68. The smallest absolute Gasteiger partial charge is 0.381 e. The molecule has 114 valence electrons. The highest BCUT2D eigenvalue weighted by atomic mass is 32.2. The van der Waals surface area contributed by atoms with Gasteiger partial charge in [0.2, 0.25) is 10.0 Å². The molecule has 0 heterocycles. The molecule has 1 aromatic rings. The SMILES string of the molecule is Cc1ccccc1S(=O)(=O)NCCC(C)(O)C(F)(F)F. The summed E-state index contributed by atoms with van der Waals surface area (Å²) in [6.07, 6.45) is -5.57. The Labute approximate surface area is 115 Å². The number of halogens is 3. The molecule has 20 heavy (non-hydrogen) atoms. The standard InChI is InChI=1S/C12H16F3NO3S/c1-9-5-3-4-6-10(9)20(18,19)16-8-7-11(2,17)12(13,14)15/h3-6,16-17H,7-8H2,1-2H3. The Bertz CT molecular complexity index is 568. The molecule has 0 spiro atoms. The van der Waals surface area contributed by atoms with E-state index in [1.54, 1.807) is 19.1 Å². The monoisotopic (exact) mass is 311 g/mol. The number of nitrogens with one attached hydrogen (secondary N) is 1. The molecular weight excluding hydrogens is 295 g/mol. The van der Waals surface area contributed by atoms with Gasteiger partial charge in [-0.3, -0.25) is 0 Å². The Balaban J connectivity index is 2.74. The Morgan fingerprint density at radius 1 is 1.25 bits per heavy atom. The molecule has 1 rings (SSSR count). The van der Waals surface area contributed by atoms with E-state index >= 15 is 0 Å². The molecule has 0 saturated carbocycles. The third kappa shape index (κ3) is 3.94. The van der Waals surface area contributed by atoms with Crippen LogP contribution in [0.3, 0.4) is 0 Å². The number of hydrogen-bond acceptors (Lipinski definition) is 3. The van der Waals surface area contributed by atoms with E-state index in [-0.39, 0.29) is 4.90 Å². The van der Waals surface area contributed by atoms with Crippen LogP contribution in [0, 0.1) is 6.92 Å². The predicted octanol–water partition coefficient (Wildman–Crippen LogP) is 1.98. The number of hydrogen-bond donors (Lipinski definition) is 2. The second-order valence-corrected chi connectivity index (χ2v) is 6.42. The molecule has 0 bridgehead atoms. The van der Waals surface area contributed by atoms with Crippen molar-refractivity contribution in [1.82, 2.24) is 4.72 Å². The fourth-order valence-corrected chi connectivity index (χ4v) is 2.78. The van der Waals surface area contributed by atoms with Crippen LogP contribution in [0.5, 0.6) is 0 Å². The van der Waals surface area contributed by atoms with Gasteiger partial charge < -0.3 is 5.11 Å². The molecule has 0 radical (unpaired) electrons. The highest BCUT2D eigenvalue weighted by molar-refractivity contribution is 7.89. The van der Waals surface area contributed by atoms with Gasteiger partial charge in [-0.25, -0.2) is 13.1 Å². The lowest BCUT2D eigenvalue weighted by Gasteiger charge is -2.26. The lowest BCUT2D eigenvalue weighted by Crippen LogP contribution is -2.44. The zero-order valence-electron chi connectivity index (χ0n) is 11.0. The second kappa shape index (κ2) is 5.71. The van der Waals surface area contributed by atoms with Crippen LogP contribution in [0.25, 0.3) is 0 Å². The molecule has 1 unspecified atom stereocenters. The minimum atomic E-state index is -4.80. The first-order chi connectivity index (χ1) is 8.97. The topological polar surface area (TPSA) is 66.4 Å². The van der Waals surface area contributed by atoms with Crippen molar-refractivity contribution in [2.24, 2.45) is 0 Å². The summed E-state index contributed by atoms with van der Waals surface area (Å²) in [5.41, 5.74) is -2.44. The summed E-state index contributed by atoms with van der Waals surface area (Å²) in [7, 11) is -3.89. The summed E-state index contributed by atoms with van der Waals surface area (Å²) >= 11 is 0. The lowest BCUT2D eigenvalue weighted by atomic mass is 10.0. The molecule has 0 amide bonds. The van der Waals surface area contributed by atoms with Gasteiger partial charge in [0, 0.05) is 6.54 Å². The van der Waals surface area contributed by atoms with E-state index in [0.29, 0.717) is 12.5 Å². The van der Waals surface area contributed by atoms with Crippen molar-refractivity contribution < 1.29 is 26.7 Å². The molecule has 1 aromatic carbocycles. The fraction of sp³-hybridized carbons (Fsp3) is 0.500. The molecule has 0 fully saturated rings. The van der Waals surface area contributed by atoms with Crippen LogP contribution in [0.2, 0.25) is 0 Å². The number of aryl methyl sites for hydroxylation is 1. The number of aliphatic hydroxyl groups is 1. The molecular formula is C12H16F3NO3S. The zero-order valence-corrected chi connectivity index (χ0v) is 11.8. The van der Waals surface area contributed by atoms with Gasteiger partial charge in [-0.05, 0) is 31.9 Å². The van der Waals surface area contributed by atoms with Gasteiger partial charge in [-0.2, -0.15) is 13.2 Å². The van der Waals surface area contributed by atoms with E-state index in [9.17, 15) is 26.7 Å². The van der Waals surface area contributed by atoms with Crippen LogP contribution >= 0.6 is 0 Å². The first-order valence-corrected chi connectivity index (χ1v) is 7.30. The number of benzene rings is 1. The first-order valence-electron chi connectivity index (χ1n) is 5.82. The third-order valence-corrected chi connectivity index (χ3v) is 4.52. The van der Waals surface area contributed by atoms with Gasteiger partial charge in [0.25, 0.3) is 0 Å². The Hall–Kier alpha value is -1.12. The summed E-state index contributed by atoms with van der Waals surface area (Å²) < 4.78 is 63.1. The number of alkyl halides is 3. The molecule has 0 saturated heterocycles. The summed E-state index contributed by atoms with van der Waals surface area (Å²) in [5, 5.41) is 9.21. The van der Waals surface area contributed by atoms with Crippen LogP contribution in [-0.4, -0.2) is 31.8 Å². The van der Waals surface area contributed by atoms with Crippen molar-refractivity contribution in [1.29, 1.82) is 0 Å². The fourth-order valence-electron chi connectivity index (χ4n) is 1.51. The van der Waals surface area contributed by atoms with Crippen molar-refractivity contribution in [3.05, 3.63) is 29.8 Å². The van der Waals surface area contributed by atoms with Crippen LogP contribution in [-0.2, 0) is 10.0 Å². The molecule has 0 aliphatic rings. The van der Waals surface area contributed by atoms with Crippen LogP contribution in [0.4, 0.5) is 13.2 Å². The molecule has 4 nitrogen and oxygen atoms in total. The van der Waals surface area contributed by atoms with Gasteiger partial charge in [0.05, 0.1) is 4.90 Å². The molecule has 8 heteroatoms. The van der Waals surface area contributed by atoms with Crippen LogP contribution < -0.4 is 4.72 Å². The average molecular weight is 311 g/mol. The van der Waals surface area contributed by atoms with Gasteiger partial charge in [0.1, 0.15) is 0 Å². The van der Waals surface area contributed by atoms with Crippen molar-refractivity contribution in [2.45, 2.75) is 36.9 Å². The van der Waals surface area contributed by atoms with E-state index in [0.717, 1.165) is 0 Å². The Morgan fingerprint density at radius 3 is 2.30 bits per heavy atom. The summed E-state index contributed by atoms with van der Waals surface area (Å²) in [5.74, 6) is 0. The lowest BCUT2D eigenvalue weighted by molar-refractivity contribution is -0.254. The van der Waals surface area contributed by atoms with Gasteiger partial charge in [-0.1, -0.05) is 18.2 Å². The maximum absolute atomic E-state index is 12.4. The number of rotatable bonds is 5. The van der Waals surface area contributed by atoms with Crippen LogP contribution in [0.1, 0.15) is 18.9 Å². The first kappa shape index (κ1) is 16.9. The van der Waals surface area contributed by atoms with E-state index < -0.39 is 34.8 Å². The van der Waals surface area contributed by atoms with E-state index in [1.165, 1.54) is 12.1 Å². The maximum atomic E-state index is 12.4. The maximum Gasteiger partial charge on any atom is 0.416 e. The van der Waals surface area contributed by atoms with E-state index in [1.807, 2.05) is 0 Å². The van der Waals surface area contributed by atoms with Gasteiger partial charge in [-0.15, -0.1) is 0 Å². The minimum absolute atomic E-state index is 0.00616. The molecule has 1 atom stereocenters. The summed E-state index contributed by atoms with van der Waals surface area (Å²) in [4.78, 5) is 0.00616. The second-order valence-electron chi connectivity index (χ2n) is 4.68. The third-order valence-electron chi connectivity index (χ3n) is 2.90.